The van der Waals surface area contributed by atoms with Crippen molar-refractivity contribution in [3.63, 3.8) is 0 Å². The molecule has 4 heteroatoms. The smallest absolute Gasteiger partial charge is 0.167 e. The molecule has 1 fully saturated rings. The Labute approximate surface area is 113 Å². The van der Waals surface area contributed by atoms with E-state index in [0.29, 0.717) is 18.9 Å². The number of hydrogen-bond acceptors (Lipinski definition) is 4. The average Bonchev–Trinajstić information content (AvgIpc) is 2.89. The third-order valence-electron chi connectivity index (χ3n) is 3.57. The Kier molecular flexibility index (Phi) is 5.32. The zero-order chi connectivity index (χ0) is 12.8. The van der Waals surface area contributed by atoms with Gasteiger partial charge in [0.25, 0.3) is 0 Å². The zero-order valence-electron chi connectivity index (χ0n) is 10.9. The lowest BCUT2D eigenvalue weighted by atomic mass is 9.83. The lowest BCUT2D eigenvalue weighted by Crippen LogP contribution is -2.35. The number of ketones is 1. The molecule has 18 heavy (non-hydrogen) atoms. The maximum Gasteiger partial charge on any atom is 0.167 e. The molecule has 3 nitrogen and oxygen atoms in total. The van der Waals surface area contributed by atoms with E-state index in [1.54, 1.807) is 23.0 Å². The number of carbonyl (C=O) groups is 1. The van der Waals surface area contributed by atoms with Crippen LogP contribution in [-0.2, 0) is 16.0 Å². The Morgan fingerprint density at radius 1 is 1.50 bits per heavy atom. The number of ether oxygens (including phenoxy) is 1. The van der Waals surface area contributed by atoms with Crippen LogP contribution in [0.4, 0.5) is 0 Å². The number of carbonyl (C=O) groups excluding carboxylic acids is 1. The van der Waals surface area contributed by atoms with Crippen LogP contribution in [0.1, 0.15) is 43.9 Å². The minimum Gasteiger partial charge on any atom is -0.370 e. The Hall–Kier alpha value is -0.740. The van der Waals surface area contributed by atoms with E-state index in [-0.39, 0.29) is 11.9 Å². The molecule has 0 amide bonds. The molecule has 1 atom stereocenters. The van der Waals surface area contributed by atoms with Crippen LogP contribution in [0.5, 0.6) is 0 Å². The van der Waals surface area contributed by atoms with Crippen molar-refractivity contribution in [1.29, 1.82) is 0 Å². The topological polar surface area (TPSA) is 39.2 Å². The molecule has 0 spiro atoms. The van der Waals surface area contributed by atoms with E-state index in [4.69, 9.17) is 4.74 Å². The van der Waals surface area contributed by atoms with Crippen molar-refractivity contribution in [2.45, 2.75) is 51.6 Å². The second kappa shape index (κ2) is 7.00. The molecule has 0 N–H and O–H groups in total. The highest BCUT2D eigenvalue weighted by Gasteiger charge is 2.29. The van der Waals surface area contributed by atoms with Gasteiger partial charge in [0.1, 0.15) is 6.10 Å². The lowest BCUT2D eigenvalue weighted by Gasteiger charge is -2.28. The maximum atomic E-state index is 12.4. The largest absolute Gasteiger partial charge is 0.370 e. The van der Waals surface area contributed by atoms with Gasteiger partial charge in [-0.15, -0.1) is 11.3 Å². The van der Waals surface area contributed by atoms with Crippen LogP contribution in [-0.4, -0.2) is 23.5 Å². The first-order chi connectivity index (χ1) is 8.81. The van der Waals surface area contributed by atoms with Crippen molar-refractivity contribution in [1.82, 2.24) is 4.98 Å². The summed E-state index contributed by atoms with van der Waals surface area (Å²) in [7, 11) is 0. The minimum absolute atomic E-state index is 0.197. The minimum atomic E-state index is -0.197. The van der Waals surface area contributed by atoms with Crippen LogP contribution in [0.3, 0.4) is 0 Å². The molecule has 1 aromatic rings. The van der Waals surface area contributed by atoms with Crippen molar-refractivity contribution in [3.8, 4) is 0 Å². The first-order valence-electron chi connectivity index (χ1n) is 6.83. The van der Waals surface area contributed by atoms with Crippen molar-refractivity contribution in [2.75, 3.05) is 6.61 Å². The highest BCUT2D eigenvalue weighted by atomic mass is 32.1. The summed E-state index contributed by atoms with van der Waals surface area (Å²) in [5.41, 5.74) is 1.78. The molecule has 0 bridgehead atoms. The fourth-order valence-electron chi connectivity index (χ4n) is 2.71. The Balaban J connectivity index is 1.97. The van der Waals surface area contributed by atoms with Gasteiger partial charge in [-0.05, 0) is 25.7 Å². The summed E-state index contributed by atoms with van der Waals surface area (Å²) in [4.78, 5) is 17.4. The number of Topliss-reactive ketones (excluding diaryl/α,β-unsaturated/α-hetero) is 1. The first kappa shape index (κ1) is 13.7. The molecule has 1 saturated carbocycles. The normalized spacial score (nSPS) is 18.7. The van der Waals surface area contributed by atoms with Crippen LogP contribution in [0.25, 0.3) is 0 Å². The second-order valence-electron chi connectivity index (χ2n) is 4.88. The predicted octanol–water partition coefficient (Wildman–Crippen LogP) is 3.24. The van der Waals surface area contributed by atoms with E-state index < -0.39 is 0 Å². The maximum absolute atomic E-state index is 12.4. The SMILES string of the molecule is CCOC(C(=O)Cc1cncs1)C1CCCCC1. The van der Waals surface area contributed by atoms with E-state index in [1.165, 1.54) is 19.3 Å². The summed E-state index contributed by atoms with van der Waals surface area (Å²) < 4.78 is 5.73. The van der Waals surface area contributed by atoms with Crippen LogP contribution in [0, 0.1) is 5.92 Å². The van der Waals surface area contributed by atoms with Gasteiger partial charge < -0.3 is 4.74 Å². The molecule has 0 saturated heterocycles. The van der Waals surface area contributed by atoms with E-state index >= 15 is 0 Å². The summed E-state index contributed by atoms with van der Waals surface area (Å²) in [5.74, 6) is 0.659. The lowest BCUT2D eigenvalue weighted by molar-refractivity contribution is -0.134. The Morgan fingerprint density at radius 2 is 2.28 bits per heavy atom. The Morgan fingerprint density at radius 3 is 2.89 bits per heavy atom. The third-order valence-corrected chi connectivity index (χ3v) is 4.35. The molecule has 1 heterocycles. The van der Waals surface area contributed by atoms with Gasteiger partial charge in [0.2, 0.25) is 0 Å². The number of aromatic nitrogens is 1. The summed E-state index contributed by atoms with van der Waals surface area (Å²) >= 11 is 1.55. The number of rotatable bonds is 6. The molecule has 1 aliphatic rings. The summed E-state index contributed by atoms with van der Waals surface area (Å²) in [6.45, 7) is 2.59. The van der Waals surface area contributed by atoms with Crippen molar-refractivity contribution >= 4 is 17.1 Å². The van der Waals surface area contributed by atoms with Crippen LogP contribution >= 0.6 is 11.3 Å². The van der Waals surface area contributed by atoms with Gasteiger partial charge in [0, 0.05) is 24.1 Å². The molecule has 100 valence electrons. The zero-order valence-corrected chi connectivity index (χ0v) is 11.7. The van der Waals surface area contributed by atoms with Gasteiger partial charge in [-0.3, -0.25) is 9.78 Å². The average molecular weight is 267 g/mol. The van der Waals surface area contributed by atoms with E-state index in [2.05, 4.69) is 4.98 Å². The molecular weight excluding hydrogens is 246 g/mol. The van der Waals surface area contributed by atoms with Crippen molar-refractivity contribution < 1.29 is 9.53 Å². The van der Waals surface area contributed by atoms with Gasteiger partial charge in [0.15, 0.2) is 5.78 Å². The molecule has 0 aromatic carbocycles. The van der Waals surface area contributed by atoms with Gasteiger partial charge in [-0.25, -0.2) is 0 Å². The fraction of sp³-hybridized carbons (Fsp3) is 0.714. The summed E-state index contributed by atoms with van der Waals surface area (Å²) in [5, 5.41) is 0. The first-order valence-corrected chi connectivity index (χ1v) is 7.71. The van der Waals surface area contributed by atoms with E-state index in [1.807, 2.05) is 6.92 Å². The second-order valence-corrected chi connectivity index (χ2v) is 5.86. The summed E-state index contributed by atoms with van der Waals surface area (Å²) in [6, 6.07) is 0. The molecule has 1 aromatic heterocycles. The monoisotopic (exact) mass is 267 g/mol. The molecule has 2 rings (SSSR count). The van der Waals surface area contributed by atoms with Gasteiger partial charge in [0.05, 0.1) is 5.51 Å². The third kappa shape index (κ3) is 3.62. The molecule has 0 radical (unpaired) electrons. The van der Waals surface area contributed by atoms with Crippen molar-refractivity contribution in [2.24, 2.45) is 5.92 Å². The number of hydrogen-bond donors (Lipinski definition) is 0. The van der Waals surface area contributed by atoms with Crippen molar-refractivity contribution in [3.05, 3.63) is 16.6 Å². The quantitative estimate of drug-likeness (QED) is 0.794. The molecule has 1 unspecified atom stereocenters. The van der Waals surface area contributed by atoms with Crippen LogP contribution in [0.2, 0.25) is 0 Å². The molecule has 0 aliphatic heterocycles. The van der Waals surface area contributed by atoms with Gasteiger partial charge in [-0.1, -0.05) is 19.3 Å². The fourth-order valence-corrected chi connectivity index (χ4v) is 3.31. The number of nitrogens with zero attached hydrogens (tertiary/aromatic N) is 1. The van der Waals surface area contributed by atoms with Gasteiger partial charge >= 0.3 is 0 Å². The van der Waals surface area contributed by atoms with Gasteiger partial charge in [-0.2, -0.15) is 0 Å². The standard InChI is InChI=1S/C14H21NO2S/c1-2-17-14(11-6-4-3-5-7-11)13(16)8-12-9-15-10-18-12/h9-11,14H,2-8H2,1H3. The highest BCUT2D eigenvalue weighted by molar-refractivity contribution is 7.09. The highest BCUT2D eigenvalue weighted by Crippen LogP contribution is 2.29. The number of thiazole rings is 1. The summed E-state index contributed by atoms with van der Waals surface area (Å²) in [6.07, 6.45) is 8.12. The molecule has 1 aliphatic carbocycles. The Bertz CT molecular complexity index is 358. The van der Waals surface area contributed by atoms with Crippen LogP contribution in [0.15, 0.2) is 11.7 Å². The van der Waals surface area contributed by atoms with Crippen LogP contribution < -0.4 is 0 Å². The predicted molar refractivity (Wildman–Crippen MR) is 72.8 cm³/mol. The van der Waals surface area contributed by atoms with E-state index in [0.717, 1.165) is 17.7 Å². The molecular formula is C14H21NO2S. The van der Waals surface area contributed by atoms with E-state index in [9.17, 15) is 4.79 Å².